The van der Waals surface area contributed by atoms with E-state index >= 15 is 0 Å². The highest BCUT2D eigenvalue weighted by Crippen LogP contribution is 2.37. The molecule has 3 N–H and O–H groups in total. The fourth-order valence-corrected chi connectivity index (χ4v) is 7.40. The van der Waals surface area contributed by atoms with Crippen molar-refractivity contribution in [3.63, 3.8) is 0 Å². The van der Waals surface area contributed by atoms with Crippen LogP contribution in [0, 0.1) is 18.3 Å². The van der Waals surface area contributed by atoms with E-state index in [1.807, 2.05) is 6.07 Å². The summed E-state index contributed by atoms with van der Waals surface area (Å²) in [6, 6.07) is 12.7. The molecule has 0 radical (unpaired) electrons. The summed E-state index contributed by atoms with van der Waals surface area (Å²) in [6.07, 6.45) is 0.977. The molecule has 39 heavy (non-hydrogen) atoms. The SMILES string of the molecule is CNS(=O)(=O)c1cccc(OC[C@@H](O)CNC2COC3(CCN(S(=O)(=O)c4cc(C#N)ccc4C)CC3)C2)c1. The number of rotatable bonds is 10. The zero-order valence-corrected chi connectivity index (χ0v) is 23.6. The molecule has 0 amide bonds. The average Bonchev–Trinajstić information content (AvgIpc) is 3.33. The number of aliphatic hydroxyl groups excluding tert-OH is 1. The van der Waals surface area contributed by atoms with Gasteiger partial charge in [-0.2, -0.15) is 9.57 Å². The molecule has 2 saturated heterocycles. The van der Waals surface area contributed by atoms with Crippen molar-refractivity contribution in [2.45, 2.75) is 53.7 Å². The number of aliphatic hydroxyl groups is 1. The predicted molar refractivity (Wildman–Crippen MR) is 143 cm³/mol. The molecule has 0 aromatic heterocycles. The molecule has 11 nitrogen and oxygen atoms in total. The van der Waals surface area contributed by atoms with Gasteiger partial charge in [-0.1, -0.05) is 12.1 Å². The Morgan fingerprint density at radius 2 is 1.95 bits per heavy atom. The van der Waals surface area contributed by atoms with Crippen molar-refractivity contribution in [2.75, 3.05) is 39.9 Å². The van der Waals surface area contributed by atoms with Gasteiger partial charge in [0.2, 0.25) is 20.0 Å². The average molecular weight is 579 g/mol. The number of sulfonamides is 2. The van der Waals surface area contributed by atoms with Crippen LogP contribution in [-0.4, -0.2) is 83.9 Å². The lowest BCUT2D eigenvalue weighted by Crippen LogP contribution is -2.47. The second-order valence-electron chi connectivity index (χ2n) is 9.95. The van der Waals surface area contributed by atoms with E-state index < -0.39 is 31.8 Å². The van der Waals surface area contributed by atoms with Gasteiger partial charge >= 0.3 is 0 Å². The highest BCUT2D eigenvalue weighted by Gasteiger charge is 2.45. The molecular formula is C26H34N4O7S2. The van der Waals surface area contributed by atoms with Crippen molar-refractivity contribution in [1.29, 1.82) is 5.26 Å². The lowest BCUT2D eigenvalue weighted by molar-refractivity contribution is -0.0312. The van der Waals surface area contributed by atoms with Crippen LogP contribution in [0.15, 0.2) is 52.3 Å². The van der Waals surface area contributed by atoms with Crippen molar-refractivity contribution in [3.8, 4) is 11.8 Å². The van der Waals surface area contributed by atoms with E-state index in [0.717, 1.165) is 0 Å². The van der Waals surface area contributed by atoms with Crippen LogP contribution >= 0.6 is 0 Å². The van der Waals surface area contributed by atoms with Crippen molar-refractivity contribution < 1.29 is 31.4 Å². The minimum Gasteiger partial charge on any atom is -0.491 e. The zero-order chi connectivity index (χ0) is 28.3. The Balaban J connectivity index is 1.25. The molecule has 2 aromatic rings. The smallest absolute Gasteiger partial charge is 0.243 e. The third-order valence-corrected chi connectivity index (χ3v) is 10.7. The van der Waals surface area contributed by atoms with E-state index in [9.17, 15) is 27.2 Å². The molecule has 1 unspecified atom stereocenters. The summed E-state index contributed by atoms with van der Waals surface area (Å²) < 4.78 is 65.9. The molecule has 2 atom stereocenters. The normalized spacial score (nSPS) is 20.5. The topological polar surface area (TPSA) is 158 Å². The van der Waals surface area contributed by atoms with E-state index in [2.05, 4.69) is 10.0 Å². The Hall–Kier alpha value is -2.57. The number of ether oxygens (including phenoxy) is 2. The van der Waals surface area contributed by atoms with E-state index in [0.29, 0.717) is 55.8 Å². The largest absolute Gasteiger partial charge is 0.491 e. The van der Waals surface area contributed by atoms with Crippen LogP contribution in [-0.2, 0) is 24.8 Å². The Kier molecular flexibility index (Phi) is 8.97. The summed E-state index contributed by atoms with van der Waals surface area (Å²) in [7, 11) is -5.98. The van der Waals surface area contributed by atoms with Crippen LogP contribution in [0.4, 0.5) is 0 Å². The summed E-state index contributed by atoms with van der Waals surface area (Å²) in [6.45, 7) is 3.06. The highest BCUT2D eigenvalue weighted by atomic mass is 32.2. The Bertz CT molecular complexity index is 1430. The summed E-state index contributed by atoms with van der Waals surface area (Å²) in [5.41, 5.74) is 0.492. The molecule has 2 aromatic carbocycles. The first-order valence-corrected chi connectivity index (χ1v) is 15.6. The van der Waals surface area contributed by atoms with Gasteiger partial charge in [0.1, 0.15) is 18.5 Å². The number of hydrogen-bond donors (Lipinski definition) is 3. The summed E-state index contributed by atoms with van der Waals surface area (Å²) in [4.78, 5) is 0.240. The highest BCUT2D eigenvalue weighted by molar-refractivity contribution is 7.89. The first kappa shape index (κ1) is 29.4. The van der Waals surface area contributed by atoms with Gasteiger partial charge in [0, 0.05) is 31.7 Å². The molecular weight excluding hydrogens is 544 g/mol. The van der Waals surface area contributed by atoms with E-state index in [1.54, 1.807) is 31.2 Å². The van der Waals surface area contributed by atoms with Crippen molar-refractivity contribution in [1.82, 2.24) is 14.3 Å². The van der Waals surface area contributed by atoms with Gasteiger partial charge < -0.3 is 19.9 Å². The van der Waals surface area contributed by atoms with Crippen LogP contribution in [0.5, 0.6) is 5.75 Å². The molecule has 4 rings (SSSR count). The second kappa shape index (κ2) is 11.9. The molecule has 1 spiro atoms. The van der Waals surface area contributed by atoms with Crippen LogP contribution < -0.4 is 14.8 Å². The molecule has 13 heteroatoms. The quantitative estimate of drug-likeness (QED) is 0.376. The maximum atomic E-state index is 13.3. The van der Waals surface area contributed by atoms with Crippen molar-refractivity contribution >= 4 is 20.0 Å². The molecule has 2 heterocycles. The molecule has 2 aliphatic rings. The Labute approximate surface area is 229 Å². The van der Waals surface area contributed by atoms with E-state index in [-0.39, 0.29) is 29.0 Å². The number of nitrogens with one attached hydrogen (secondary N) is 2. The van der Waals surface area contributed by atoms with Gasteiger partial charge in [-0.15, -0.1) is 0 Å². The number of hydrogen-bond acceptors (Lipinski definition) is 9. The number of nitriles is 1. The summed E-state index contributed by atoms with van der Waals surface area (Å²) in [5, 5.41) is 22.9. The third kappa shape index (κ3) is 6.78. The molecule has 2 aliphatic heterocycles. The zero-order valence-electron chi connectivity index (χ0n) is 22.0. The third-order valence-electron chi connectivity index (χ3n) is 7.25. The second-order valence-corrected chi connectivity index (χ2v) is 13.7. The van der Waals surface area contributed by atoms with Crippen LogP contribution in [0.25, 0.3) is 0 Å². The van der Waals surface area contributed by atoms with Crippen LogP contribution in [0.2, 0.25) is 0 Å². The number of nitrogens with zero attached hydrogens (tertiary/aromatic N) is 2. The Morgan fingerprint density at radius 1 is 1.21 bits per heavy atom. The molecule has 0 bridgehead atoms. The maximum Gasteiger partial charge on any atom is 0.243 e. The van der Waals surface area contributed by atoms with Gasteiger partial charge in [-0.05, 0) is 63.1 Å². The maximum absolute atomic E-state index is 13.3. The van der Waals surface area contributed by atoms with Crippen LogP contribution in [0.1, 0.15) is 30.4 Å². The fourth-order valence-electron chi connectivity index (χ4n) is 4.95. The fraction of sp³-hybridized carbons (Fsp3) is 0.500. The van der Waals surface area contributed by atoms with E-state index in [1.165, 1.54) is 29.6 Å². The van der Waals surface area contributed by atoms with Crippen molar-refractivity contribution in [2.24, 2.45) is 0 Å². The Morgan fingerprint density at radius 3 is 2.64 bits per heavy atom. The summed E-state index contributed by atoms with van der Waals surface area (Å²) >= 11 is 0. The van der Waals surface area contributed by atoms with Gasteiger partial charge in [-0.25, -0.2) is 21.6 Å². The first-order chi connectivity index (χ1) is 18.5. The lowest BCUT2D eigenvalue weighted by Gasteiger charge is -2.38. The lowest BCUT2D eigenvalue weighted by atomic mass is 9.88. The monoisotopic (exact) mass is 578 g/mol. The van der Waals surface area contributed by atoms with Gasteiger partial charge in [0.25, 0.3) is 0 Å². The van der Waals surface area contributed by atoms with Gasteiger partial charge in [-0.3, -0.25) is 0 Å². The number of aryl methyl sites for hydroxylation is 1. The first-order valence-electron chi connectivity index (χ1n) is 12.7. The predicted octanol–water partition coefficient (Wildman–Crippen LogP) is 1.12. The molecule has 0 saturated carbocycles. The minimum absolute atomic E-state index is 0.00135. The minimum atomic E-state index is -3.72. The van der Waals surface area contributed by atoms with Crippen molar-refractivity contribution in [3.05, 3.63) is 53.6 Å². The summed E-state index contributed by atoms with van der Waals surface area (Å²) in [5.74, 6) is 0.338. The molecule has 0 aliphatic carbocycles. The van der Waals surface area contributed by atoms with E-state index in [4.69, 9.17) is 9.47 Å². The number of piperidine rings is 1. The van der Waals surface area contributed by atoms with Crippen LogP contribution in [0.3, 0.4) is 0 Å². The van der Waals surface area contributed by atoms with Gasteiger partial charge in [0.05, 0.1) is 33.6 Å². The number of benzene rings is 2. The van der Waals surface area contributed by atoms with Gasteiger partial charge in [0.15, 0.2) is 0 Å². The molecule has 2 fully saturated rings. The molecule has 212 valence electrons. The standard InChI is InChI=1S/C26H34N4O7S2/c1-19-6-7-20(15-27)12-25(19)39(34,35)30-10-8-26(9-11-30)14-21(17-37-26)29-16-22(31)18-36-23-4-3-5-24(13-23)38(32,33)28-2/h3-7,12-13,21-22,28-29,31H,8-11,14,16-18H2,1-2H3/t21?,22-/m0/s1.